The molecule has 4 atom stereocenters. The van der Waals surface area contributed by atoms with E-state index < -0.39 is 0 Å². The number of hydrogen-bond donors (Lipinski definition) is 0. The zero-order valence-electron chi connectivity index (χ0n) is 10.6. The van der Waals surface area contributed by atoms with Crippen LogP contribution in [-0.4, -0.2) is 0 Å². The molecule has 1 fully saturated rings. The first kappa shape index (κ1) is 12.1. The molecule has 0 bridgehead atoms. The highest BCUT2D eigenvalue weighted by atomic mass is 14.4. The Morgan fingerprint density at radius 1 is 1.14 bits per heavy atom. The van der Waals surface area contributed by atoms with E-state index in [0.29, 0.717) is 0 Å². The van der Waals surface area contributed by atoms with Crippen LogP contribution in [-0.2, 0) is 0 Å². The van der Waals surface area contributed by atoms with Gasteiger partial charge in [0.2, 0.25) is 0 Å². The Bertz CT molecular complexity index is 150. The standard InChI is InChI=1S/C14H28/c1-5-11(3)7-8-14-10-9-13(6-2)12(14)4/h11-14H,5-10H2,1-4H3. The Labute approximate surface area is 90.5 Å². The molecule has 1 rings (SSSR count). The molecule has 0 aromatic carbocycles. The molecule has 0 N–H and O–H groups in total. The topological polar surface area (TPSA) is 0 Å². The van der Waals surface area contributed by atoms with Crippen LogP contribution in [0.1, 0.15) is 66.2 Å². The lowest BCUT2D eigenvalue weighted by molar-refractivity contribution is 0.297. The summed E-state index contributed by atoms with van der Waals surface area (Å²) in [5.41, 5.74) is 0. The van der Waals surface area contributed by atoms with Crippen LogP contribution in [0.4, 0.5) is 0 Å². The molecular weight excluding hydrogens is 168 g/mol. The van der Waals surface area contributed by atoms with Crippen LogP contribution in [0.25, 0.3) is 0 Å². The van der Waals surface area contributed by atoms with E-state index in [-0.39, 0.29) is 0 Å². The van der Waals surface area contributed by atoms with Gasteiger partial charge in [0.25, 0.3) is 0 Å². The average Bonchev–Trinajstić information content (AvgIpc) is 2.56. The molecule has 0 radical (unpaired) electrons. The summed E-state index contributed by atoms with van der Waals surface area (Å²) in [5, 5.41) is 0. The fourth-order valence-electron chi connectivity index (χ4n) is 3.02. The van der Waals surface area contributed by atoms with E-state index in [2.05, 4.69) is 27.7 Å². The molecule has 0 aromatic rings. The first-order chi connectivity index (χ1) is 6.69. The fraction of sp³-hybridized carbons (Fsp3) is 1.00. The molecule has 1 aliphatic rings. The highest BCUT2D eigenvalue weighted by Crippen LogP contribution is 2.41. The molecule has 0 aromatic heterocycles. The third-order valence-electron chi connectivity index (χ3n) is 4.65. The SMILES string of the molecule is CCC(C)CCC1CCC(CC)C1C. The molecule has 84 valence electrons. The summed E-state index contributed by atoms with van der Waals surface area (Å²) in [6, 6.07) is 0. The van der Waals surface area contributed by atoms with Crippen molar-refractivity contribution in [2.75, 3.05) is 0 Å². The molecule has 1 aliphatic carbocycles. The normalized spacial score (nSPS) is 34.7. The van der Waals surface area contributed by atoms with E-state index in [1.165, 1.54) is 38.5 Å². The van der Waals surface area contributed by atoms with Crippen LogP contribution in [0.15, 0.2) is 0 Å². The maximum Gasteiger partial charge on any atom is -0.0386 e. The number of hydrogen-bond acceptors (Lipinski definition) is 0. The third-order valence-corrected chi connectivity index (χ3v) is 4.65. The largest absolute Gasteiger partial charge is 0.0651 e. The second-order valence-electron chi connectivity index (χ2n) is 5.46. The smallest absolute Gasteiger partial charge is 0.0386 e. The van der Waals surface area contributed by atoms with Crippen molar-refractivity contribution < 1.29 is 0 Å². The lowest BCUT2D eigenvalue weighted by Gasteiger charge is -2.20. The number of rotatable bonds is 5. The molecule has 0 saturated heterocycles. The summed E-state index contributed by atoms with van der Waals surface area (Å²) in [5.74, 6) is 4.04. The van der Waals surface area contributed by atoms with E-state index in [4.69, 9.17) is 0 Å². The molecule has 0 heteroatoms. The predicted molar refractivity (Wildman–Crippen MR) is 64.4 cm³/mol. The summed E-state index contributed by atoms with van der Waals surface area (Å²) in [6.07, 6.45) is 8.73. The highest BCUT2D eigenvalue weighted by Gasteiger charge is 2.30. The summed E-state index contributed by atoms with van der Waals surface area (Å²) in [7, 11) is 0. The van der Waals surface area contributed by atoms with Gasteiger partial charge in [-0.05, 0) is 42.9 Å². The van der Waals surface area contributed by atoms with Gasteiger partial charge >= 0.3 is 0 Å². The lowest BCUT2D eigenvalue weighted by Crippen LogP contribution is -2.11. The lowest BCUT2D eigenvalue weighted by atomic mass is 9.85. The Morgan fingerprint density at radius 2 is 1.79 bits per heavy atom. The molecule has 14 heavy (non-hydrogen) atoms. The van der Waals surface area contributed by atoms with E-state index in [1.807, 2.05) is 0 Å². The van der Waals surface area contributed by atoms with Gasteiger partial charge in [0.05, 0.1) is 0 Å². The summed E-state index contributed by atoms with van der Waals surface area (Å²) >= 11 is 0. The maximum atomic E-state index is 2.49. The Hall–Kier alpha value is 0. The molecule has 4 unspecified atom stereocenters. The minimum atomic E-state index is 0.947. The van der Waals surface area contributed by atoms with Crippen LogP contribution in [0.5, 0.6) is 0 Å². The van der Waals surface area contributed by atoms with Gasteiger partial charge in [-0.3, -0.25) is 0 Å². The second-order valence-corrected chi connectivity index (χ2v) is 5.46. The van der Waals surface area contributed by atoms with Crippen molar-refractivity contribution in [3.63, 3.8) is 0 Å². The van der Waals surface area contributed by atoms with Crippen molar-refractivity contribution in [3.8, 4) is 0 Å². The molecule has 0 nitrogen and oxygen atoms in total. The van der Waals surface area contributed by atoms with Crippen molar-refractivity contribution in [2.24, 2.45) is 23.7 Å². The fourth-order valence-corrected chi connectivity index (χ4v) is 3.02. The van der Waals surface area contributed by atoms with Gasteiger partial charge in [0, 0.05) is 0 Å². The van der Waals surface area contributed by atoms with Crippen molar-refractivity contribution in [2.45, 2.75) is 66.2 Å². The summed E-state index contributed by atoms with van der Waals surface area (Å²) in [4.78, 5) is 0. The zero-order chi connectivity index (χ0) is 10.6. The van der Waals surface area contributed by atoms with Crippen LogP contribution in [0.2, 0.25) is 0 Å². The Kier molecular flexibility index (Phi) is 4.98. The van der Waals surface area contributed by atoms with Crippen molar-refractivity contribution >= 4 is 0 Å². The van der Waals surface area contributed by atoms with Crippen molar-refractivity contribution in [3.05, 3.63) is 0 Å². The van der Waals surface area contributed by atoms with E-state index in [0.717, 1.165) is 23.7 Å². The minimum Gasteiger partial charge on any atom is -0.0651 e. The van der Waals surface area contributed by atoms with Gasteiger partial charge in [0.1, 0.15) is 0 Å². The van der Waals surface area contributed by atoms with Crippen LogP contribution in [0, 0.1) is 23.7 Å². The van der Waals surface area contributed by atoms with Crippen molar-refractivity contribution in [1.29, 1.82) is 0 Å². The predicted octanol–water partition coefficient (Wildman–Crippen LogP) is 4.89. The molecule has 1 saturated carbocycles. The van der Waals surface area contributed by atoms with Gasteiger partial charge in [0.15, 0.2) is 0 Å². The van der Waals surface area contributed by atoms with E-state index in [9.17, 15) is 0 Å². The maximum absolute atomic E-state index is 2.49. The molecule has 0 spiro atoms. The summed E-state index contributed by atoms with van der Waals surface area (Å²) < 4.78 is 0. The van der Waals surface area contributed by atoms with Gasteiger partial charge in [-0.25, -0.2) is 0 Å². The molecule has 0 amide bonds. The van der Waals surface area contributed by atoms with Gasteiger partial charge in [-0.15, -0.1) is 0 Å². The minimum absolute atomic E-state index is 0.947. The van der Waals surface area contributed by atoms with Crippen LogP contribution < -0.4 is 0 Å². The first-order valence-electron chi connectivity index (χ1n) is 6.69. The average molecular weight is 196 g/mol. The monoisotopic (exact) mass is 196 g/mol. The van der Waals surface area contributed by atoms with Gasteiger partial charge in [-0.2, -0.15) is 0 Å². The molecular formula is C14H28. The van der Waals surface area contributed by atoms with E-state index >= 15 is 0 Å². The second kappa shape index (κ2) is 5.78. The van der Waals surface area contributed by atoms with Crippen LogP contribution >= 0.6 is 0 Å². The first-order valence-corrected chi connectivity index (χ1v) is 6.69. The molecule has 0 heterocycles. The summed E-state index contributed by atoms with van der Waals surface area (Å²) in [6.45, 7) is 9.56. The quantitative estimate of drug-likeness (QED) is 0.587. The van der Waals surface area contributed by atoms with Crippen molar-refractivity contribution in [1.82, 2.24) is 0 Å². The third kappa shape index (κ3) is 3.00. The molecule has 0 aliphatic heterocycles. The Morgan fingerprint density at radius 3 is 2.29 bits per heavy atom. The highest BCUT2D eigenvalue weighted by molar-refractivity contribution is 4.81. The van der Waals surface area contributed by atoms with Crippen LogP contribution in [0.3, 0.4) is 0 Å². The van der Waals surface area contributed by atoms with Gasteiger partial charge in [-0.1, -0.05) is 47.0 Å². The van der Waals surface area contributed by atoms with E-state index in [1.54, 1.807) is 0 Å². The Balaban J connectivity index is 2.26. The zero-order valence-corrected chi connectivity index (χ0v) is 10.6. The van der Waals surface area contributed by atoms with Gasteiger partial charge < -0.3 is 0 Å².